The monoisotopic (exact) mass is 256 g/mol. The summed E-state index contributed by atoms with van der Waals surface area (Å²) >= 11 is 3.46. The molecule has 0 spiro atoms. The van der Waals surface area contributed by atoms with Gasteiger partial charge in [0.25, 0.3) is 0 Å². The zero-order valence-electron chi connectivity index (χ0n) is 9.31. The number of thiazole rings is 1. The van der Waals surface area contributed by atoms with Gasteiger partial charge in [0.1, 0.15) is 5.01 Å². The Labute approximate surface area is 109 Å². The van der Waals surface area contributed by atoms with E-state index in [4.69, 9.17) is 0 Å². The molecule has 0 amide bonds. The Kier molecular flexibility index (Phi) is 2.87. The standard InChI is InChI=1S/C14H10NS2/c1-16-12-8-4-2-6-10(12)14-15-11-7-3-5-9-13(11)17-14/h2-5,7-9H,1H3. The smallest absolute Gasteiger partial charge is 0.126 e. The summed E-state index contributed by atoms with van der Waals surface area (Å²) in [5.74, 6) is 0. The van der Waals surface area contributed by atoms with Crippen molar-refractivity contribution in [2.45, 2.75) is 4.90 Å². The Hall–Kier alpha value is -1.32. The van der Waals surface area contributed by atoms with Gasteiger partial charge in [-0.3, -0.25) is 0 Å². The summed E-state index contributed by atoms with van der Waals surface area (Å²) in [5.41, 5.74) is 2.18. The summed E-state index contributed by atoms with van der Waals surface area (Å²) in [6.45, 7) is 0. The summed E-state index contributed by atoms with van der Waals surface area (Å²) in [7, 11) is 0. The van der Waals surface area contributed by atoms with Crippen molar-refractivity contribution in [2.24, 2.45) is 0 Å². The molecule has 1 nitrogen and oxygen atoms in total. The molecule has 2 aromatic carbocycles. The van der Waals surface area contributed by atoms with Crippen molar-refractivity contribution in [3.8, 4) is 10.6 Å². The second-order valence-electron chi connectivity index (χ2n) is 3.60. The zero-order chi connectivity index (χ0) is 11.7. The van der Waals surface area contributed by atoms with Crippen molar-refractivity contribution >= 4 is 33.3 Å². The number of hydrogen-bond donors (Lipinski definition) is 0. The molecule has 3 aromatic rings. The molecule has 0 aliphatic carbocycles. The SMILES string of the molecule is CSc1ccc[c]c1-c1nc2ccccc2s1. The molecule has 1 heterocycles. The third-order valence-electron chi connectivity index (χ3n) is 2.55. The van der Waals surface area contributed by atoms with Gasteiger partial charge in [0.2, 0.25) is 0 Å². The lowest BCUT2D eigenvalue weighted by atomic mass is 10.2. The van der Waals surface area contributed by atoms with Crippen LogP contribution in [0.3, 0.4) is 0 Å². The van der Waals surface area contributed by atoms with Crippen LogP contribution in [0.2, 0.25) is 0 Å². The minimum Gasteiger partial charge on any atom is -0.236 e. The Balaban J connectivity index is 2.20. The van der Waals surface area contributed by atoms with Crippen LogP contribution >= 0.6 is 23.1 Å². The van der Waals surface area contributed by atoms with Crippen LogP contribution in [0.5, 0.6) is 0 Å². The highest BCUT2D eigenvalue weighted by Gasteiger charge is 2.09. The minimum atomic E-state index is 1.05. The molecule has 1 aromatic heterocycles. The van der Waals surface area contributed by atoms with Crippen molar-refractivity contribution in [3.63, 3.8) is 0 Å². The Morgan fingerprint density at radius 2 is 2.06 bits per heavy atom. The molecule has 0 atom stereocenters. The van der Waals surface area contributed by atoms with Gasteiger partial charge in [0.15, 0.2) is 0 Å². The fourth-order valence-electron chi connectivity index (χ4n) is 1.74. The first-order valence-electron chi connectivity index (χ1n) is 5.29. The molecule has 3 rings (SSSR count). The molecule has 0 aliphatic heterocycles. The maximum Gasteiger partial charge on any atom is 0.126 e. The molecule has 0 unspecified atom stereocenters. The summed E-state index contributed by atoms with van der Waals surface area (Å²) < 4.78 is 1.23. The van der Waals surface area contributed by atoms with Crippen molar-refractivity contribution in [1.82, 2.24) is 4.98 Å². The predicted octanol–water partition coefficient (Wildman–Crippen LogP) is 4.49. The van der Waals surface area contributed by atoms with Crippen LogP contribution in [-0.2, 0) is 0 Å². The third kappa shape index (κ3) is 1.96. The number of hydrogen-bond acceptors (Lipinski definition) is 3. The number of nitrogens with zero attached hydrogens (tertiary/aromatic N) is 1. The molecule has 0 aliphatic rings. The normalized spacial score (nSPS) is 10.9. The Morgan fingerprint density at radius 3 is 2.88 bits per heavy atom. The van der Waals surface area contributed by atoms with E-state index < -0.39 is 0 Å². The van der Waals surface area contributed by atoms with Gasteiger partial charge in [0.05, 0.1) is 10.2 Å². The molecule has 0 N–H and O–H groups in total. The molecule has 0 fully saturated rings. The highest BCUT2D eigenvalue weighted by atomic mass is 32.2. The van der Waals surface area contributed by atoms with Gasteiger partial charge in [-0.05, 0) is 30.5 Å². The topological polar surface area (TPSA) is 12.9 Å². The zero-order valence-corrected chi connectivity index (χ0v) is 10.9. The fourth-order valence-corrected chi connectivity index (χ4v) is 3.36. The van der Waals surface area contributed by atoms with Crippen LogP contribution < -0.4 is 0 Å². The first-order chi connectivity index (χ1) is 8.38. The quantitative estimate of drug-likeness (QED) is 0.627. The van der Waals surface area contributed by atoms with E-state index in [0.717, 1.165) is 16.1 Å². The minimum absolute atomic E-state index is 1.05. The van der Waals surface area contributed by atoms with E-state index in [2.05, 4.69) is 41.6 Å². The van der Waals surface area contributed by atoms with Crippen molar-refractivity contribution in [1.29, 1.82) is 0 Å². The summed E-state index contributed by atoms with van der Waals surface area (Å²) in [6.07, 6.45) is 2.08. The average Bonchev–Trinajstić information content (AvgIpc) is 2.82. The number of fused-ring (bicyclic) bond motifs is 1. The third-order valence-corrected chi connectivity index (χ3v) is 4.38. The van der Waals surface area contributed by atoms with Crippen molar-refractivity contribution < 1.29 is 0 Å². The molecule has 0 saturated carbocycles. The lowest BCUT2D eigenvalue weighted by Crippen LogP contribution is -1.80. The van der Waals surface area contributed by atoms with E-state index in [-0.39, 0.29) is 0 Å². The van der Waals surface area contributed by atoms with E-state index in [1.807, 2.05) is 18.2 Å². The van der Waals surface area contributed by atoms with Gasteiger partial charge < -0.3 is 0 Å². The second kappa shape index (κ2) is 4.51. The molecule has 0 bridgehead atoms. The van der Waals surface area contributed by atoms with Gasteiger partial charge in [-0.25, -0.2) is 4.98 Å². The van der Waals surface area contributed by atoms with Gasteiger partial charge in [-0.2, -0.15) is 0 Å². The van der Waals surface area contributed by atoms with Crippen LogP contribution in [0.4, 0.5) is 0 Å². The van der Waals surface area contributed by atoms with E-state index in [0.29, 0.717) is 0 Å². The van der Waals surface area contributed by atoms with Crippen LogP contribution in [0.15, 0.2) is 47.4 Å². The molecular weight excluding hydrogens is 246 g/mol. The summed E-state index contributed by atoms with van der Waals surface area (Å²) in [4.78, 5) is 5.89. The van der Waals surface area contributed by atoms with Gasteiger partial charge in [0, 0.05) is 10.5 Å². The highest BCUT2D eigenvalue weighted by Crippen LogP contribution is 2.34. The molecule has 3 heteroatoms. The largest absolute Gasteiger partial charge is 0.236 e. The van der Waals surface area contributed by atoms with Crippen LogP contribution in [0.25, 0.3) is 20.8 Å². The van der Waals surface area contributed by atoms with Crippen molar-refractivity contribution in [2.75, 3.05) is 6.26 Å². The fraction of sp³-hybridized carbons (Fsp3) is 0.0714. The maximum atomic E-state index is 4.67. The molecule has 0 saturated heterocycles. The number of rotatable bonds is 2. The maximum absolute atomic E-state index is 4.67. The molecule has 1 radical (unpaired) electrons. The highest BCUT2D eigenvalue weighted by molar-refractivity contribution is 7.98. The van der Waals surface area contributed by atoms with E-state index in [9.17, 15) is 0 Å². The second-order valence-corrected chi connectivity index (χ2v) is 5.48. The van der Waals surface area contributed by atoms with Crippen LogP contribution in [0, 0.1) is 6.07 Å². The first-order valence-corrected chi connectivity index (χ1v) is 7.33. The van der Waals surface area contributed by atoms with Crippen LogP contribution in [0.1, 0.15) is 0 Å². The molecular formula is C14H10NS2. The number of benzene rings is 2. The lowest BCUT2D eigenvalue weighted by molar-refractivity contribution is 1.39. The average molecular weight is 256 g/mol. The molecule has 83 valence electrons. The predicted molar refractivity (Wildman–Crippen MR) is 75.7 cm³/mol. The number of para-hydroxylation sites is 1. The van der Waals surface area contributed by atoms with Gasteiger partial charge >= 0.3 is 0 Å². The van der Waals surface area contributed by atoms with Gasteiger partial charge in [-0.1, -0.05) is 24.3 Å². The van der Waals surface area contributed by atoms with Crippen LogP contribution in [-0.4, -0.2) is 11.2 Å². The molecule has 17 heavy (non-hydrogen) atoms. The van der Waals surface area contributed by atoms with E-state index in [1.54, 1.807) is 23.1 Å². The number of aromatic nitrogens is 1. The van der Waals surface area contributed by atoms with Gasteiger partial charge in [-0.15, -0.1) is 23.1 Å². The Morgan fingerprint density at radius 1 is 1.18 bits per heavy atom. The lowest BCUT2D eigenvalue weighted by Gasteiger charge is -2.01. The van der Waals surface area contributed by atoms with E-state index in [1.165, 1.54) is 9.60 Å². The Bertz CT molecular complexity index is 625. The van der Waals surface area contributed by atoms with Crippen molar-refractivity contribution in [3.05, 3.63) is 48.5 Å². The number of thioether (sulfide) groups is 1. The summed E-state index contributed by atoms with van der Waals surface area (Å²) in [6, 6.07) is 17.6. The summed E-state index contributed by atoms with van der Waals surface area (Å²) in [5, 5.41) is 1.05. The van der Waals surface area contributed by atoms with E-state index >= 15 is 0 Å². The first kappa shape index (κ1) is 10.8.